The minimum Gasteiger partial charge on any atom is -0.384 e. The molecule has 2 fully saturated rings. The number of hydrogen-bond acceptors (Lipinski definition) is 7. The fourth-order valence-electron chi connectivity index (χ4n) is 4.86. The summed E-state index contributed by atoms with van der Waals surface area (Å²) in [5.74, 6) is -2.84. The first-order valence-corrected chi connectivity index (χ1v) is 11.9. The Kier molecular flexibility index (Phi) is 5.68. The summed E-state index contributed by atoms with van der Waals surface area (Å²) < 4.78 is 34.9. The van der Waals surface area contributed by atoms with Gasteiger partial charge in [0.1, 0.15) is 5.60 Å². The molecule has 0 aliphatic carbocycles. The minimum absolute atomic E-state index is 0.233. The number of aliphatic hydroxyl groups is 1. The topological polar surface area (TPSA) is 83.4 Å². The maximum atomic E-state index is 14.7. The highest BCUT2D eigenvalue weighted by Crippen LogP contribution is 2.41. The normalized spacial score (nSPS) is 18.7. The van der Waals surface area contributed by atoms with Crippen LogP contribution in [0.3, 0.4) is 0 Å². The third-order valence-electron chi connectivity index (χ3n) is 7.26. The van der Waals surface area contributed by atoms with E-state index in [2.05, 4.69) is 31.5 Å². The van der Waals surface area contributed by atoms with Crippen LogP contribution >= 0.6 is 0 Å². The second-order valence-electron chi connectivity index (χ2n) is 10.5. The van der Waals surface area contributed by atoms with E-state index in [4.69, 9.17) is 4.74 Å². The van der Waals surface area contributed by atoms with Gasteiger partial charge in [-0.15, -0.1) is 5.10 Å². The van der Waals surface area contributed by atoms with Gasteiger partial charge in [0, 0.05) is 29.5 Å². The van der Waals surface area contributed by atoms with Crippen LogP contribution in [0.15, 0.2) is 36.5 Å². The van der Waals surface area contributed by atoms with Gasteiger partial charge >= 0.3 is 5.92 Å². The second-order valence-corrected chi connectivity index (χ2v) is 10.5. The number of nitrogens with one attached hydrogen (secondary N) is 1. The number of benzene rings is 1. The molecule has 0 saturated carbocycles. The molecule has 1 atom stereocenters. The zero-order chi connectivity index (χ0) is 25.0. The van der Waals surface area contributed by atoms with Crippen molar-refractivity contribution in [2.45, 2.75) is 51.7 Å². The average molecular weight is 484 g/mol. The van der Waals surface area contributed by atoms with Crippen molar-refractivity contribution in [3.8, 4) is 0 Å². The Labute approximate surface area is 203 Å². The maximum absolute atomic E-state index is 14.7. The summed E-state index contributed by atoms with van der Waals surface area (Å²) in [5, 5.41) is 22.8. The van der Waals surface area contributed by atoms with Gasteiger partial charge in [-0.05, 0) is 51.8 Å². The SMILES string of the molecule is Cc1nnc(N[C@H](C)c2cccc(C(F)(F)C(C)(C)O)c2)c2cc(N3CCC4(COC4)C3)cnc12. The second kappa shape index (κ2) is 8.34. The largest absolute Gasteiger partial charge is 0.384 e. The predicted octanol–water partition coefficient (Wildman–Crippen LogP) is 4.60. The number of pyridine rings is 1. The number of ether oxygens (including phenoxy) is 1. The molecule has 1 aromatic carbocycles. The quantitative estimate of drug-likeness (QED) is 0.530. The Hall–Kier alpha value is -2.91. The number of hydrogen-bond donors (Lipinski definition) is 2. The molecule has 4 heterocycles. The van der Waals surface area contributed by atoms with Crippen LogP contribution in [-0.2, 0) is 10.7 Å². The van der Waals surface area contributed by atoms with Crippen LogP contribution in [0.4, 0.5) is 20.3 Å². The van der Waals surface area contributed by atoms with Crippen LogP contribution in [0.25, 0.3) is 10.9 Å². The lowest BCUT2D eigenvalue weighted by atomic mass is 9.85. The molecule has 7 nitrogen and oxygen atoms in total. The Balaban J connectivity index is 1.44. The highest BCUT2D eigenvalue weighted by Gasteiger charge is 2.47. The molecule has 186 valence electrons. The maximum Gasteiger partial charge on any atom is 0.300 e. The third kappa shape index (κ3) is 4.21. The zero-order valence-electron chi connectivity index (χ0n) is 20.5. The third-order valence-corrected chi connectivity index (χ3v) is 7.26. The number of aromatic nitrogens is 3. The molecule has 35 heavy (non-hydrogen) atoms. The minimum atomic E-state index is -3.39. The molecule has 2 saturated heterocycles. The Bertz CT molecular complexity index is 1260. The van der Waals surface area contributed by atoms with Gasteiger partial charge in [-0.1, -0.05) is 18.2 Å². The van der Waals surface area contributed by atoms with Crippen molar-refractivity contribution in [3.63, 3.8) is 0 Å². The average Bonchev–Trinajstić information content (AvgIpc) is 3.27. The fraction of sp³-hybridized carbons (Fsp3) is 0.500. The van der Waals surface area contributed by atoms with Gasteiger partial charge in [0.15, 0.2) is 5.82 Å². The molecule has 0 bridgehead atoms. The summed E-state index contributed by atoms with van der Waals surface area (Å²) in [6.45, 7) is 9.49. The number of aryl methyl sites for hydroxylation is 1. The summed E-state index contributed by atoms with van der Waals surface area (Å²) in [6.07, 6.45) is 2.98. The number of halogens is 2. The molecule has 5 rings (SSSR count). The summed E-state index contributed by atoms with van der Waals surface area (Å²) in [5.41, 5.74) is 0.996. The molecule has 2 N–H and O–H groups in total. The molecule has 0 amide bonds. The number of anilines is 2. The van der Waals surface area contributed by atoms with Crippen molar-refractivity contribution < 1.29 is 18.6 Å². The molecular weight excluding hydrogens is 452 g/mol. The van der Waals surface area contributed by atoms with Crippen LogP contribution in [-0.4, -0.2) is 52.2 Å². The highest BCUT2D eigenvalue weighted by atomic mass is 19.3. The predicted molar refractivity (Wildman–Crippen MR) is 131 cm³/mol. The van der Waals surface area contributed by atoms with Crippen LogP contribution in [0.1, 0.15) is 50.1 Å². The molecule has 9 heteroatoms. The fourth-order valence-corrected chi connectivity index (χ4v) is 4.86. The Morgan fingerprint density at radius 3 is 2.63 bits per heavy atom. The molecule has 2 aromatic heterocycles. The highest BCUT2D eigenvalue weighted by molar-refractivity contribution is 5.92. The molecule has 2 aliphatic heterocycles. The Morgan fingerprint density at radius 2 is 1.97 bits per heavy atom. The number of fused-ring (bicyclic) bond motifs is 1. The van der Waals surface area contributed by atoms with Crippen molar-refractivity contribution in [2.75, 3.05) is 36.5 Å². The summed E-state index contributed by atoms with van der Waals surface area (Å²) >= 11 is 0. The van der Waals surface area contributed by atoms with E-state index < -0.39 is 11.5 Å². The molecule has 2 aliphatic rings. The van der Waals surface area contributed by atoms with E-state index in [1.165, 1.54) is 12.1 Å². The van der Waals surface area contributed by atoms with Crippen molar-refractivity contribution in [1.82, 2.24) is 15.2 Å². The monoisotopic (exact) mass is 483 g/mol. The van der Waals surface area contributed by atoms with E-state index in [1.807, 2.05) is 20.0 Å². The molecule has 0 unspecified atom stereocenters. The molecule has 3 aromatic rings. The van der Waals surface area contributed by atoms with E-state index in [1.54, 1.807) is 12.1 Å². The van der Waals surface area contributed by atoms with Crippen LogP contribution in [0, 0.1) is 12.3 Å². The number of nitrogens with zero attached hydrogens (tertiary/aromatic N) is 4. The van der Waals surface area contributed by atoms with Crippen molar-refractivity contribution >= 4 is 22.4 Å². The van der Waals surface area contributed by atoms with Crippen molar-refractivity contribution in [3.05, 3.63) is 53.3 Å². The number of rotatable bonds is 6. The lowest BCUT2D eigenvalue weighted by Crippen LogP contribution is -2.44. The summed E-state index contributed by atoms with van der Waals surface area (Å²) in [6, 6.07) is 7.86. The number of alkyl halides is 2. The molecule has 1 spiro atoms. The van der Waals surface area contributed by atoms with Crippen molar-refractivity contribution in [1.29, 1.82) is 0 Å². The lowest BCUT2D eigenvalue weighted by molar-refractivity contribution is -0.168. The molecule has 0 radical (unpaired) electrons. The first kappa shape index (κ1) is 23.8. The van der Waals surface area contributed by atoms with E-state index >= 15 is 0 Å². The van der Waals surface area contributed by atoms with Crippen LogP contribution < -0.4 is 10.2 Å². The Morgan fingerprint density at radius 1 is 1.20 bits per heavy atom. The van der Waals surface area contributed by atoms with Gasteiger partial charge in [0.25, 0.3) is 0 Å². The molecular formula is C26H31F2N5O2. The smallest absolute Gasteiger partial charge is 0.300 e. The van der Waals surface area contributed by atoms with Gasteiger partial charge in [-0.2, -0.15) is 13.9 Å². The standard InChI is InChI=1S/C26H31F2N5O2/c1-16(18-6-5-7-19(10-18)26(27,28)24(3,4)34)30-23-21-11-20(12-29-22(21)17(2)31-32-23)33-9-8-25(13-33)14-35-15-25/h5-7,10-12,16,34H,8-9,13-15H2,1-4H3,(H,30,32)/t16-/m1/s1. The van der Waals surface area contributed by atoms with E-state index in [9.17, 15) is 13.9 Å². The van der Waals surface area contributed by atoms with Gasteiger partial charge in [-0.25, -0.2) is 0 Å². The van der Waals surface area contributed by atoms with E-state index in [-0.39, 0.29) is 17.0 Å². The van der Waals surface area contributed by atoms with Gasteiger partial charge in [0.2, 0.25) is 0 Å². The van der Waals surface area contributed by atoms with Gasteiger partial charge in [-0.3, -0.25) is 4.98 Å². The lowest BCUT2D eigenvalue weighted by Gasteiger charge is -2.37. The first-order valence-electron chi connectivity index (χ1n) is 11.9. The van der Waals surface area contributed by atoms with E-state index in [0.29, 0.717) is 11.4 Å². The van der Waals surface area contributed by atoms with Gasteiger partial charge < -0.3 is 20.1 Å². The first-order chi connectivity index (χ1) is 16.5. The van der Waals surface area contributed by atoms with Crippen LogP contribution in [0.5, 0.6) is 0 Å². The summed E-state index contributed by atoms with van der Waals surface area (Å²) in [7, 11) is 0. The van der Waals surface area contributed by atoms with Crippen molar-refractivity contribution in [2.24, 2.45) is 5.41 Å². The zero-order valence-corrected chi connectivity index (χ0v) is 20.5. The van der Waals surface area contributed by atoms with E-state index in [0.717, 1.165) is 68.9 Å². The summed E-state index contributed by atoms with van der Waals surface area (Å²) in [4.78, 5) is 7.02. The van der Waals surface area contributed by atoms with Gasteiger partial charge in [0.05, 0.1) is 42.4 Å². The van der Waals surface area contributed by atoms with Crippen LogP contribution in [0.2, 0.25) is 0 Å².